The molecule has 0 aromatic heterocycles. The van der Waals surface area contributed by atoms with Gasteiger partial charge in [0.25, 0.3) is 0 Å². The van der Waals surface area contributed by atoms with E-state index in [0.717, 1.165) is 30.6 Å². The fourth-order valence-electron chi connectivity index (χ4n) is 6.91. The van der Waals surface area contributed by atoms with Crippen LogP contribution in [0.4, 0.5) is 4.79 Å². The van der Waals surface area contributed by atoms with E-state index in [1.54, 1.807) is 0 Å². The molecule has 2 aliphatic carbocycles. The minimum absolute atomic E-state index is 0.0478. The zero-order valence-corrected chi connectivity index (χ0v) is 18.5. The number of amides is 1. The molecule has 2 bridgehead atoms. The lowest BCUT2D eigenvalue weighted by molar-refractivity contribution is -0.259. The van der Waals surface area contributed by atoms with E-state index in [9.17, 15) is 4.79 Å². The van der Waals surface area contributed by atoms with Crippen molar-refractivity contribution in [3.05, 3.63) is 29.8 Å². The van der Waals surface area contributed by atoms with Gasteiger partial charge >= 0.3 is 6.09 Å². The van der Waals surface area contributed by atoms with Crippen molar-refractivity contribution in [2.75, 3.05) is 13.2 Å². The highest BCUT2D eigenvalue weighted by Crippen LogP contribution is 2.63. The summed E-state index contributed by atoms with van der Waals surface area (Å²) in [5.41, 5.74) is 0.734. The zero-order chi connectivity index (χ0) is 20.9. The summed E-state index contributed by atoms with van der Waals surface area (Å²) in [5, 5.41) is 3.09. The number of carbonyl (C=O) groups is 1. The number of para-hydroxylation sites is 1. The number of alkyl carbamates (subject to hydrolysis) is 1. The van der Waals surface area contributed by atoms with E-state index in [1.807, 2.05) is 6.07 Å². The van der Waals surface area contributed by atoms with Gasteiger partial charge in [0.15, 0.2) is 0 Å². The van der Waals surface area contributed by atoms with Crippen molar-refractivity contribution in [3.8, 4) is 5.75 Å². The van der Waals surface area contributed by atoms with Crippen molar-refractivity contribution in [2.45, 2.75) is 77.0 Å². The number of hydrogen-bond acceptors (Lipinski definition) is 4. The predicted molar refractivity (Wildman–Crippen MR) is 114 cm³/mol. The van der Waals surface area contributed by atoms with Crippen molar-refractivity contribution in [3.63, 3.8) is 0 Å². The maximum absolute atomic E-state index is 12.5. The molecule has 164 valence electrons. The van der Waals surface area contributed by atoms with Crippen molar-refractivity contribution in [2.24, 2.45) is 23.2 Å². The Bertz CT molecular complexity index is 806. The highest BCUT2D eigenvalue weighted by atomic mass is 16.6. The van der Waals surface area contributed by atoms with E-state index in [2.05, 4.69) is 44.3 Å². The molecule has 2 heterocycles. The quantitative estimate of drug-likeness (QED) is 0.736. The van der Waals surface area contributed by atoms with Crippen molar-refractivity contribution < 1.29 is 19.0 Å². The molecule has 2 saturated carbocycles. The fraction of sp³-hybridized carbons (Fsp3) is 0.720. The number of carbonyl (C=O) groups excluding carboxylic acids is 1. The molecule has 30 heavy (non-hydrogen) atoms. The van der Waals surface area contributed by atoms with Gasteiger partial charge < -0.3 is 19.5 Å². The van der Waals surface area contributed by atoms with Crippen LogP contribution in [-0.4, -0.2) is 30.9 Å². The smallest absolute Gasteiger partial charge is 0.407 e. The molecule has 5 rings (SSSR count). The van der Waals surface area contributed by atoms with Gasteiger partial charge in [-0.3, -0.25) is 0 Å². The molecular formula is C25H35NO4. The zero-order valence-electron chi connectivity index (χ0n) is 18.5. The Kier molecular flexibility index (Phi) is 5.00. The van der Waals surface area contributed by atoms with Gasteiger partial charge in [0.05, 0.1) is 12.7 Å². The molecule has 1 aromatic carbocycles. The van der Waals surface area contributed by atoms with Crippen molar-refractivity contribution in [1.29, 1.82) is 0 Å². The molecular weight excluding hydrogens is 378 g/mol. The molecule has 1 N–H and O–H groups in total. The average Bonchev–Trinajstić information content (AvgIpc) is 2.73. The molecule has 0 radical (unpaired) electrons. The number of hydrogen-bond donors (Lipinski definition) is 1. The Labute approximate surface area is 179 Å². The third-order valence-electron chi connectivity index (χ3n) is 8.67. The van der Waals surface area contributed by atoms with E-state index < -0.39 is 0 Å². The summed E-state index contributed by atoms with van der Waals surface area (Å²) in [5.74, 6) is 1.88. The van der Waals surface area contributed by atoms with Crippen molar-refractivity contribution in [1.82, 2.24) is 5.32 Å². The third kappa shape index (κ3) is 3.12. The highest BCUT2D eigenvalue weighted by molar-refractivity contribution is 5.67. The monoisotopic (exact) mass is 413 g/mol. The first kappa shape index (κ1) is 20.2. The van der Waals surface area contributed by atoms with Gasteiger partial charge in [-0.2, -0.15) is 0 Å². The molecule has 0 spiro atoms. The second-order valence-electron chi connectivity index (χ2n) is 10.4. The van der Waals surface area contributed by atoms with E-state index in [0.29, 0.717) is 25.0 Å². The summed E-state index contributed by atoms with van der Waals surface area (Å²) in [6, 6.07) is 8.55. The highest BCUT2D eigenvalue weighted by Gasteiger charge is 2.64. The average molecular weight is 414 g/mol. The number of benzene rings is 1. The van der Waals surface area contributed by atoms with Gasteiger partial charge in [-0.1, -0.05) is 51.3 Å². The summed E-state index contributed by atoms with van der Waals surface area (Å²) in [6.07, 6.45) is 6.52. The summed E-state index contributed by atoms with van der Waals surface area (Å²) in [4.78, 5) is 12.5. The van der Waals surface area contributed by atoms with Crippen LogP contribution in [0.15, 0.2) is 24.3 Å². The molecule has 0 unspecified atom stereocenters. The Morgan fingerprint density at radius 1 is 1.20 bits per heavy atom. The van der Waals surface area contributed by atoms with Gasteiger partial charge in [-0.25, -0.2) is 4.79 Å². The van der Waals surface area contributed by atoms with E-state index in [4.69, 9.17) is 14.2 Å². The Morgan fingerprint density at radius 2 is 1.97 bits per heavy atom. The SMILES string of the molecule is C[C@@H]1C[C@@]2(C)Oc3ccccc3[C@@H]3OC[C@@]1(COC(=O)NC1CCCCC1)[C@@H](C)[C@@H]32. The molecule has 6 atom stereocenters. The van der Waals surface area contributed by atoms with Gasteiger partial charge in [0.1, 0.15) is 18.0 Å². The standard InChI is InChI=1S/C25H35NO4/c1-16-13-24(3)21-17(2)25(16,15-29-23(27)26-18-9-5-4-6-10-18)14-28-22(21)19-11-7-8-12-20(19)30-24/h7-8,11-12,16-18,21-22H,4-6,9-10,13-15H2,1-3H3,(H,26,27)/t16-,17+,21+,22+,24-,25+/m1/s1. The van der Waals surface area contributed by atoms with Gasteiger partial charge in [0.2, 0.25) is 0 Å². The van der Waals surface area contributed by atoms with Gasteiger partial charge in [-0.15, -0.1) is 0 Å². The lowest BCUT2D eigenvalue weighted by Crippen LogP contribution is -2.66. The maximum atomic E-state index is 12.5. The maximum Gasteiger partial charge on any atom is 0.407 e. The van der Waals surface area contributed by atoms with Gasteiger partial charge in [-0.05, 0) is 44.1 Å². The van der Waals surface area contributed by atoms with Crippen LogP contribution in [-0.2, 0) is 9.47 Å². The van der Waals surface area contributed by atoms with Crippen molar-refractivity contribution >= 4 is 6.09 Å². The second-order valence-corrected chi connectivity index (χ2v) is 10.4. The summed E-state index contributed by atoms with van der Waals surface area (Å²) >= 11 is 0. The largest absolute Gasteiger partial charge is 0.487 e. The molecule has 1 amide bonds. The molecule has 4 aliphatic rings. The first-order valence-corrected chi connectivity index (χ1v) is 11.8. The van der Waals surface area contributed by atoms with E-state index in [1.165, 1.54) is 19.3 Å². The first-order chi connectivity index (χ1) is 14.4. The molecule has 5 nitrogen and oxygen atoms in total. The molecule has 1 aromatic rings. The summed E-state index contributed by atoms with van der Waals surface area (Å²) in [7, 11) is 0. The lowest BCUT2D eigenvalue weighted by Gasteiger charge is -2.63. The van der Waals surface area contributed by atoms with Crippen LogP contribution in [0.1, 0.15) is 71.0 Å². The molecule has 2 aliphatic heterocycles. The summed E-state index contributed by atoms with van der Waals surface area (Å²) in [6.45, 7) is 7.86. The molecule has 1 saturated heterocycles. The number of ether oxygens (including phenoxy) is 3. The van der Waals surface area contributed by atoms with Crippen LogP contribution in [0.2, 0.25) is 0 Å². The minimum Gasteiger partial charge on any atom is -0.487 e. The van der Waals surface area contributed by atoms with Crippen LogP contribution in [0.5, 0.6) is 5.75 Å². The first-order valence-electron chi connectivity index (χ1n) is 11.8. The predicted octanol–water partition coefficient (Wildman–Crippen LogP) is 5.25. The van der Waals surface area contributed by atoms with E-state index >= 15 is 0 Å². The van der Waals surface area contributed by atoms with Crippen LogP contribution in [0, 0.1) is 23.2 Å². The number of rotatable bonds is 3. The van der Waals surface area contributed by atoms with Gasteiger partial charge in [0, 0.05) is 22.9 Å². The van der Waals surface area contributed by atoms with Crippen LogP contribution < -0.4 is 10.1 Å². The van der Waals surface area contributed by atoms with E-state index in [-0.39, 0.29) is 35.2 Å². The topological polar surface area (TPSA) is 56.8 Å². The van der Waals surface area contributed by atoms with Crippen LogP contribution in [0.25, 0.3) is 0 Å². The molecule has 5 heteroatoms. The summed E-state index contributed by atoms with van der Waals surface area (Å²) < 4.78 is 19.0. The Hall–Kier alpha value is -1.75. The number of fused-ring (bicyclic) bond motifs is 3. The van der Waals surface area contributed by atoms with Crippen LogP contribution >= 0.6 is 0 Å². The Morgan fingerprint density at radius 3 is 2.77 bits per heavy atom. The third-order valence-corrected chi connectivity index (χ3v) is 8.67. The van der Waals surface area contributed by atoms with Crippen LogP contribution in [0.3, 0.4) is 0 Å². The molecule has 3 fully saturated rings. The second kappa shape index (κ2) is 7.44. The fourth-order valence-corrected chi connectivity index (χ4v) is 6.91. The minimum atomic E-state index is -0.267. The lowest BCUT2D eigenvalue weighted by atomic mass is 9.50. The normalized spacial score (nSPS) is 40.1. The Balaban J connectivity index is 1.34. The number of nitrogens with one attached hydrogen (secondary N) is 1.